The maximum Gasteiger partial charge on any atom is 0.449 e. The molecule has 10 heteroatoms. The minimum atomic E-state index is -4.65. The van der Waals surface area contributed by atoms with Crippen molar-refractivity contribution in [2.24, 2.45) is 0 Å². The minimum Gasteiger partial charge on any atom is -0.331 e. The molecule has 0 spiro atoms. The van der Waals surface area contributed by atoms with Gasteiger partial charge in [-0.25, -0.2) is 4.98 Å². The number of piperazine rings is 1. The molecule has 1 aliphatic rings. The summed E-state index contributed by atoms with van der Waals surface area (Å²) in [5.41, 5.74) is 1.34. The first-order chi connectivity index (χ1) is 13.4. The second kappa shape index (κ2) is 8.38. The van der Waals surface area contributed by atoms with E-state index in [-0.39, 0.29) is 35.4 Å². The number of nitrogens with zero attached hydrogens (tertiary/aromatic N) is 4. The van der Waals surface area contributed by atoms with Crippen LogP contribution in [0.2, 0.25) is 0 Å². The third-order valence-corrected chi connectivity index (χ3v) is 4.83. The molecule has 0 saturated carbocycles. The van der Waals surface area contributed by atoms with Crippen LogP contribution in [-0.2, 0) is 17.5 Å². The molecule has 1 aliphatic heterocycles. The highest BCUT2D eigenvalue weighted by Crippen LogP contribution is 2.32. The van der Waals surface area contributed by atoms with Gasteiger partial charge in [0, 0.05) is 32.0 Å². The largest absolute Gasteiger partial charge is 0.449 e. The summed E-state index contributed by atoms with van der Waals surface area (Å²) in [6.07, 6.45) is -1.34. The second-order valence-electron chi connectivity index (χ2n) is 6.60. The molecule has 1 fully saturated rings. The second-order valence-corrected chi connectivity index (χ2v) is 6.60. The molecule has 1 aromatic carbocycles. The number of nitrogens with one attached hydrogen (secondary N) is 1. The van der Waals surface area contributed by atoms with Crippen LogP contribution in [0.15, 0.2) is 48.8 Å². The summed E-state index contributed by atoms with van der Waals surface area (Å²) < 4.78 is 41.4. The Bertz CT molecular complexity index is 992. The van der Waals surface area contributed by atoms with Crippen LogP contribution in [0.1, 0.15) is 17.4 Å². The summed E-state index contributed by atoms with van der Waals surface area (Å²) in [5, 5.41) is 3.22. The number of alkyl halides is 3. The van der Waals surface area contributed by atoms with Gasteiger partial charge in [-0.2, -0.15) is 13.2 Å². The standard InChI is InChI=1S/C19H18F3N5O.ClH/c20-19(21,22)18-25-14-5-1-2-6-15(14)27(18)12-17(28)26-9-8-24-11-16(26)13-4-3-7-23-10-13;/h1-7,10,16,24H,8-9,11-12H2;1H. The number of fused-ring (bicyclic) bond motifs is 1. The van der Waals surface area contributed by atoms with Gasteiger partial charge in [0.15, 0.2) is 0 Å². The number of imidazole rings is 1. The third-order valence-electron chi connectivity index (χ3n) is 4.83. The quantitative estimate of drug-likeness (QED) is 0.700. The zero-order valence-electron chi connectivity index (χ0n) is 15.3. The molecular formula is C19H19ClF3N5O. The summed E-state index contributed by atoms with van der Waals surface area (Å²) in [7, 11) is 0. The van der Waals surface area contributed by atoms with E-state index in [1.165, 1.54) is 6.07 Å². The van der Waals surface area contributed by atoms with Gasteiger partial charge in [-0.3, -0.25) is 9.78 Å². The topological polar surface area (TPSA) is 63.1 Å². The zero-order chi connectivity index (χ0) is 19.7. The van der Waals surface area contributed by atoms with Crippen LogP contribution in [0.5, 0.6) is 0 Å². The van der Waals surface area contributed by atoms with Gasteiger partial charge >= 0.3 is 6.18 Å². The Morgan fingerprint density at radius 3 is 2.72 bits per heavy atom. The summed E-state index contributed by atoms with van der Waals surface area (Å²) in [6.45, 7) is 1.09. The van der Waals surface area contributed by atoms with Gasteiger partial charge in [-0.15, -0.1) is 12.4 Å². The van der Waals surface area contributed by atoms with E-state index in [9.17, 15) is 18.0 Å². The molecule has 4 rings (SSSR count). The van der Waals surface area contributed by atoms with Crippen LogP contribution < -0.4 is 5.32 Å². The Hall–Kier alpha value is -2.65. The zero-order valence-corrected chi connectivity index (χ0v) is 16.1. The Balaban J connectivity index is 0.00000240. The predicted molar refractivity (Wildman–Crippen MR) is 104 cm³/mol. The van der Waals surface area contributed by atoms with Gasteiger partial charge in [0.1, 0.15) is 6.54 Å². The number of carbonyl (C=O) groups excluding carboxylic acids is 1. The van der Waals surface area contributed by atoms with Crippen molar-refractivity contribution in [3.8, 4) is 0 Å². The molecule has 0 bridgehead atoms. The fourth-order valence-corrected chi connectivity index (χ4v) is 3.55. The Morgan fingerprint density at radius 2 is 2.00 bits per heavy atom. The number of hydrogen-bond acceptors (Lipinski definition) is 4. The normalized spacial score (nSPS) is 17.2. The van der Waals surface area contributed by atoms with Crippen LogP contribution in [0.25, 0.3) is 11.0 Å². The molecule has 154 valence electrons. The Morgan fingerprint density at radius 1 is 1.21 bits per heavy atom. The number of rotatable bonds is 3. The van der Waals surface area contributed by atoms with E-state index in [4.69, 9.17) is 0 Å². The van der Waals surface area contributed by atoms with Crippen molar-refractivity contribution in [2.75, 3.05) is 19.6 Å². The monoisotopic (exact) mass is 425 g/mol. The van der Waals surface area contributed by atoms with Gasteiger partial charge in [0.25, 0.3) is 0 Å². The molecule has 1 unspecified atom stereocenters. The Kier molecular flexibility index (Phi) is 6.09. The van der Waals surface area contributed by atoms with Gasteiger partial charge < -0.3 is 14.8 Å². The fraction of sp³-hybridized carbons (Fsp3) is 0.316. The predicted octanol–water partition coefficient (Wildman–Crippen LogP) is 3.05. The first-order valence-corrected chi connectivity index (χ1v) is 8.88. The van der Waals surface area contributed by atoms with Crippen molar-refractivity contribution in [1.29, 1.82) is 0 Å². The molecule has 0 radical (unpaired) electrons. The van der Waals surface area contributed by atoms with Crippen LogP contribution in [-0.4, -0.2) is 45.0 Å². The van der Waals surface area contributed by atoms with Gasteiger partial charge in [-0.1, -0.05) is 18.2 Å². The molecular weight excluding hydrogens is 407 g/mol. The molecule has 2 aromatic heterocycles. The third kappa shape index (κ3) is 4.20. The number of aromatic nitrogens is 3. The van der Waals surface area contributed by atoms with Crippen molar-refractivity contribution < 1.29 is 18.0 Å². The summed E-state index contributed by atoms with van der Waals surface area (Å²) in [5.74, 6) is -1.45. The van der Waals surface area contributed by atoms with Crippen LogP contribution in [0.3, 0.4) is 0 Å². The van der Waals surface area contributed by atoms with E-state index < -0.39 is 18.5 Å². The number of benzene rings is 1. The van der Waals surface area contributed by atoms with Crippen molar-refractivity contribution in [1.82, 2.24) is 24.8 Å². The van der Waals surface area contributed by atoms with Gasteiger partial charge in [0.05, 0.1) is 17.1 Å². The minimum absolute atomic E-state index is 0. The Labute approximate surface area is 171 Å². The SMILES string of the molecule is Cl.O=C(Cn1c(C(F)(F)F)nc2ccccc21)N1CCNCC1c1cccnc1. The number of carbonyl (C=O) groups is 1. The van der Waals surface area contributed by atoms with Gasteiger partial charge in [-0.05, 0) is 23.8 Å². The highest BCUT2D eigenvalue weighted by molar-refractivity contribution is 5.85. The smallest absolute Gasteiger partial charge is 0.331 e. The lowest BCUT2D eigenvalue weighted by Gasteiger charge is -2.36. The molecule has 6 nitrogen and oxygen atoms in total. The summed E-state index contributed by atoms with van der Waals surface area (Å²) >= 11 is 0. The summed E-state index contributed by atoms with van der Waals surface area (Å²) in [6, 6.07) is 9.66. The highest BCUT2D eigenvalue weighted by Gasteiger charge is 2.39. The number of halogens is 4. The molecule has 1 amide bonds. The molecule has 3 aromatic rings. The molecule has 1 saturated heterocycles. The number of hydrogen-bond donors (Lipinski definition) is 1. The van der Waals surface area contributed by atoms with Crippen molar-refractivity contribution >= 4 is 29.3 Å². The van der Waals surface area contributed by atoms with Crippen molar-refractivity contribution in [3.63, 3.8) is 0 Å². The first kappa shape index (κ1) is 21.1. The van der Waals surface area contributed by atoms with Gasteiger partial charge in [0.2, 0.25) is 11.7 Å². The molecule has 1 atom stereocenters. The van der Waals surface area contributed by atoms with Crippen LogP contribution in [0, 0.1) is 0 Å². The molecule has 29 heavy (non-hydrogen) atoms. The van der Waals surface area contributed by atoms with E-state index in [0.29, 0.717) is 19.6 Å². The maximum atomic E-state index is 13.5. The highest BCUT2D eigenvalue weighted by atomic mass is 35.5. The number of amides is 1. The molecule has 3 heterocycles. The van der Waals surface area contributed by atoms with E-state index >= 15 is 0 Å². The lowest BCUT2D eigenvalue weighted by Crippen LogP contribution is -2.49. The molecule has 1 N–H and O–H groups in total. The summed E-state index contributed by atoms with van der Waals surface area (Å²) in [4.78, 5) is 22.4. The van der Waals surface area contributed by atoms with E-state index in [0.717, 1.165) is 10.1 Å². The van der Waals surface area contributed by atoms with E-state index in [1.807, 2.05) is 6.07 Å². The van der Waals surface area contributed by atoms with Crippen LogP contribution >= 0.6 is 12.4 Å². The average Bonchev–Trinajstić information content (AvgIpc) is 3.08. The van der Waals surface area contributed by atoms with Crippen molar-refractivity contribution in [2.45, 2.75) is 18.8 Å². The number of para-hydroxylation sites is 2. The van der Waals surface area contributed by atoms with Crippen LogP contribution in [0.4, 0.5) is 13.2 Å². The average molecular weight is 426 g/mol. The lowest BCUT2D eigenvalue weighted by atomic mass is 10.1. The van der Waals surface area contributed by atoms with E-state index in [1.54, 1.807) is 41.6 Å². The lowest BCUT2D eigenvalue weighted by molar-refractivity contribution is -0.148. The number of pyridine rings is 1. The van der Waals surface area contributed by atoms with Crippen molar-refractivity contribution in [3.05, 3.63) is 60.2 Å². The molecule has 0 aliphatic carbocycles. The fourth-order valence-electron chi connectivity index (χ4n) is 3.55. The van der Waals surface area contributed by atoms with E-state index in [2.05, 4.69) is 15.3 Å². The first-order valence-electron chi connectivity index (χ1n) is 8.88. The maximum absolute atomic E-state index is 13.5.